The summed E-state index contributed by atoms with van der Waals surface area (Å²) in [5, 5.41) is 3.34. The molecule has 1 unspecified atom stereocenters. The molecule has 3 nitrogen and oxygen atoms in total. The first-order chi connectivity index (χ1) is 7.34. The summed E-state index contributed by atoms with van der Waals surface area (Å²) >= 11 is 0. The van der Waals surface area contributed by atoms with Gasteiger partial charge in [0.2, 0.25) is 0 Å². The van der Waals surface area contributed by atoms with Crippen molar-refractivity contribution < 1.29 is 4.74 Å². The standard InChI is InChI=1S/C12H18N2O/c13-11-4-1-10(2-5-11)3-6-12-9-14-7-8-15-12/h1-2,4-5,12,14H,3,6-9,13H2. The van der Waals surface area contributed by atoms with Gasteiger partial charge in [0.1, 0.15) is 0 Å². The molecule has 1 aromatic carbocycles. The number of benzene rings is 1. The maximum Gasteiger partial charge on any atom is 0.0703 e. The zero-order chi connectivity index (χ0) is 10.5. The molecule has 0 spiro atoms. The first kappa shape index (κ1) is 10.5. The van der Waals surface area contributed by atoms with Gasteiger partial charge in [-0.15, -0.1) is 0 Å². The van der Waals surface area contributed by atoms with Crippen molar-refractivity contribution in [3.05, 3.63) is 29.8 Å². The number of rotatable bonds is 3. The Hall–Kier alpha value is -1.06. The van der Waals surface area contributed by atoms with Crippen LogP contribution in [0.3, 0.4) is 0 Å². The molecule has 1 saturated heterocycles. The molecule has 0 radical (unpaired) electrons. The molecule has 0 aromatic heterocycles. The third kappa shape index (κ3) is 3.22. The lowest BCUT2D eigenvalue weighted by Gasteiger charge is -2.23. The summed E-state index contributed by atoms with van der Waals surface area (Å²) in [5.41, 5.74) is 7.79. The minimum atomic E-state index is 0.372. The summed E-state index contributed by atoms with van der Waals surface area (Å²) in [6.07, 6.45) is 2.51. The molecule has 1 aromatic rings. The van der Waals surface area contributed by atoms with Gasteiger partial charge in [-0.3, -0.25) is 0 Å². The highest BCUT2D eigenvalue weighted by Gasteiger charge is 2.12. The van der Waals surface area contributed by atoms with Crippen molar-refractivity contribution in [2.75, 3.05) is 25.4 Å². The molecule has 2 rings (SSSR count). The minimum Gasteiger partial charge on any atom is -0.399 e. The van der Waals surface area contributed by atoms with Crippen molar-refractivity contribution in [2.45, 2.75) is 18.9 Å². The van der Waals surface area contributed by atoms with Gasteiger partial charge in [-0.1, -0.05) is 12.1 Å². The van der Waals surface area contributed by atoms with E-state index in [1.54, 1.807) is 0 Å². The highest BCUT2D eigenvalue weighted by molar-refractivity contribution is 5.39. The van der Waals surface area contributed by atoms with Gasteiger partial charge in [-0.05, 0) is 30.5 Å². The van der Waals surface area contributed by atoms with E-state index < -0.39 is 0 Å². The SMILES string of the molecule is Nc1ccc(CCC2CNCCO2)cc1. The zero-order valence-electron chi connectivity index (χ0n) is 8.91. The third-order valence-electron chi connectivity index (χ3n) is 2.74. The quantitative estimate of drug-likeness (QED) is 0.730. The maximum absolute atomic E-state index is 5.64. The van der Waals surface area contributed by atoms with E-state index in [0.29, 0.717) is 6.10 Å². The molecule has 15 heavy (non-hydrogen) atoms. The van der Waals surface area contributed by atoms with Crippen molar-refractivity contribution in [1.29, 1.82) is 0 Å². The smallest absolute Gasteiger partial charge is 0.0703 e. The van der Waals surface area contributed by atoms with Crippen LogP contribution in [0.15, 0.2) is 24.3 Å². The van der Waals surface area contributed by atoms with Crippen LogP contribution in [0, 0.1) is 0 Å². The fraction of sp³-hybridized carbons (Fsp3) is 0.500. The number of anilines is 1. The van der Waals surface area contributed by atoms with E-state index >= 15 is 0 Å². The molecule has 1 aliphatic rings. The number of nitrogens with two attached hydrogens (primary N) is 1. The largest absolute Gasteiger partial charge is 0.399 e. The summed E-state index contributed by atoms with van der Waals surface area (Å²) in [7, 11) is 0. The summed E-state index contributed by atoms with van der Waals surface area (Å²) in [4.78, 5) is 0. The number of hydrogen-bond donors (Lipinski definition) is 2. The fourth-order valence-electron chi connectivity index (χ4n) is 1.82. The molecule has 1 fully saturated rings. The van der Waals surface area contributed by atoms with Crippen molar-refractivity contribution in [2.24, 2.45) is 0 Å². The van der Waals surface area contributed by atoms with Gasteiger partial charge >= 0.3 is 0 Å². The number of hydrogen-bond acceptors (Lipinski definition) is 3. The number of morpholine rings is 1. The van der Waals surface area contributed by atoms with Crippen LogP contribution in [-0.2, 0) is 11.2 Å². The van der Waals surface area contributed by atoms with Gasteiger partial charge in [0, 0.05) is 18.8 Å². The molecule has 0 saturated carbocycles. The van der Waals surface area contributed by atoms with E-state index in [1.165, 1.54) is 5.56 Å². The Morgan fingerprint density at radius 1 is 1.33 bits per heavy atom. The Morgan fingerprint density at radius 3 is 2.80 bits per heavy atom. The van der Waals surface area contributed by atoms with Crippen molar-refractivity contribution in [3.8, 4) is 0 Å². The van der Waals surface area contributed by atoms with Crippen LogP contribution in [0.5, 0.6) is 0 Å². The summed E-state index contributed by atoms with van der Waals surface area (Å²) in [5.74, 6) is 0. The number of nitrogens with one attached hydrogen (secondary N) is 1. The van der Waals surface area contributed by atoms with E-state index in [-0.39, 0.29) is 0 Å². The Bertz CT molecular complexity index is 291. The zero-order valence-corrected chi connectivity index (χ0v) is 8.91. The average Bonchev–Trinajstić information content (AvgIpc) is 2.30. The summed E-state index contributed by atoms with van der Waals surface area (Å²) in [6.45, 7) is 2.81. The van der Waals surface area contributed by atoms with Crippen LogP contribution in [0.1, 0.15) is 12.0 Å². The highest BCUT2D eigenvalue weighted by atomic mass is 16.5. The summed E-state index contributed by atoms with van der Waals surface area (Å²) in [6, 6.07) is 8.09. The molecule has 1 aliphatic heterocycles. The Kier molecular flexibility index (Phi) is 3.59. The second-order valence-electron chi connectivity index (χ2n) is 3.98. The van der Waals surface area contributed by atoms with Crippen LogP contribution in [0.25, 0.3) is 0 Å². The number of nitrogen functional groups attached to an aromatic ring is 1. The lowest BCUT2D eigenvalue weighted by molar-refractivity contribution is 0.0238. The van der Waals surface area contributed by atoms with Gasteiger partial charge in [0.25, 0.3) is 0 Å². The van der Waals surface area contributed by atoms with Crippen molar-refractivity contribution >= 4 is 5.69 Å². The monoisotopic (exact) mass is 206 g/mol. The lowest BCUT2D eigenvalue weighted by Crippen LogP contribution is -2.38. The molecule has 0 bridgehead atoms. The maximum atomic E-state index is 5.64. The summed E-state index contributed by atoms with van der Waals surface area (Å²) < 4.78 is 5.64. The molecular weight excluding hydrogens is 188 g/mol. The fourth-order valence-corrected chi connectivity index (χ4v) is 1.82. The molecule has 1 heterocycles. The van der Waals surface area contributed by atoms with Gasteiger partial charge in [-0.25, -0.2) is 0 Å². The minimum absolute atomic E-state index is 0.372. The van der Waals surface area contributed by atoms with E-state index in [1.807, 2.05) is 12.1 Å². The van der Waals surface area contributed by atoms with E-state index in [9.17, 15) is 0 Å². The van der Waals surface area contributed by atoms with E-state index in [4.69, 9.17) is 10.5 Å². The second kappa shape index (κ2) is 5.14. The predicted octanol–water partition coefficient (Wildman–Crippen LogP) is 1.19. The first-order valence-corrected chi connectivity index (χ1v) is 5.51. The predicted molar refractivity (Wildman–Crippen MR) is 61.8 cm³/mol. The third-order valence-corrected chi connectivity index (χ3v) is 2.74. The van der Waals surface area contributed by atoms with Crippen molar-refractivity contribution in [1.82, 2.24) is 5.32 Å². The van der Waals surface area contributed by atoms with Gasteiger partial charge in [-0.2, -0.15) is 0 Å². The molecule has 1 atom stereocenters. The molecule has 3 N–H and O–H groups in total. The lowest BCUT2D eigenvalue weighted by atomic mass is 10.1. The second-order valence-corrected chi connectivity index (χ2v) is 3.98. The molecule has 82 valence electrons. The normalized spacial score (nSPS) is 21.5. The van der Waals surface area contributed by atoms with Gasteiger partial charge in [0.05, 0.1) is 12.7 Å². The highest BCUT2D eigenvalue weighted by Crippen LogP contribution is 2.11. The number of aryl methyl sites for hydroxylation is 1. The van der Waals surface area contributed by atoms with E-state index in [2.05, 4.69) is 17.4 Å². The van der Waals surface area contributed by atoms with Crippen LogP contribution >= 0.6 is 0 Å². The number of ether oxygens (including phenoxy) is 1. The first-order valence-electron chi connectivity index (χ1n) is 5.51. The van der Waals surface area contributed by atoms with Crippen molar-refractivity contribution in [3.63, 3.8) is 0 Å². The Labute approximate surface area is 90.6 Å². The average molecular weight is 206 g/mol. The van der Waals surface area contributed by atoms with Crippen LogP contribution in [-0.4, -0.2) is 25.8 Å². The topological polar surface area (TPSA) is 47.3 Å². The van der Waals surface area contributed by atoms with Gasteiger partial charge < -0.3 is 15.8 Å². The van der Waals surface area contributed by atoms with Gasteiger partial charge in [0.15, 0.2) is 0 Å². The molecule has 0 amide bonds. The Morgan fingerprint density at radius 2 is 2.13 bits per heavy atom. The Balaban J connectivity index is 1.79. The molecular formula is C12H18N2O. The van der Waals surface area contributed by atoms with Crippen LogP contribution in [0.2, 0.25) is 0 Å². The van der Waals surface area contributed by atoms with Crippen LogP contribution in [0.4, 0.5) is 5.69 Å². The van der Waals surface area contributed by atoms with E-state index in [0.717, 1.165) is 38.2 Å². The molecule has 3 heteroatoms. The molecule has 0 aliphatic carbocycles. The van der Waals surface area contributed by atoms with Crippen LogP contribution < -0.4 is 11.1 Å².